The molecule has 6 nitrogen and oxygen atoms in total. The van der Waals surface area contributed by atoms with Crippen LogP contribution >= 0.6 is 0 Å². The Labute approximate surface area is 130 Å². The smallest absolute Gasteiger partial charge is 0.244 e. The van der Waals surface area contributed by atoms with Crippen LogP contribution in [0.2, 0.25) is 0 Å². The summed E-state index contributed by atoms with van der Waals surface area (Å²) in [6.45, 7) is 0.296. The van der Waals surface area contributed by atoms with Gasteiger partial charge in [-0.2, -0.15) is 0 Å². The fraction of sp³-hybridized carbons (Fsp3) is 0.438. The van der Waals surface area contributed by atoms with Crippen LogP contribution in [0.15, 0.2) is 24.7 Å². The summed E-state index contributed by atoms with van der Waals surface area (Å²) in [4.78, 5) is 22.9. The van der Waals surface area contributed by atoms with Gasteiger partial charge in [0.05, 0.1) is 17.7 Å². The molecule has 0 spiro atoms. The molecule has 0 aromatic carbocycles. The first-order valence-electron chi connectivity index (χ1n) is 7.60. The van der Waals surface area contributed by atoms with Crippen molar-refractivity contribution in [3.05, 3.63) is 36.0 Å². The molecule has 1 aliphatic rings. The van der Waals surface area contributed by atoms with Crippen molar-refractivity contribution in [1.82, 2.24) is 14.5 Å². The monoisotopic (exact) mass is 299 g/mol. The summed E-state index contributed by atoms with van der Waals surface area (Å²) >= 11 is 0. The number of fused-ring (bicyclic) bond motifs is 1. The third-order valence-corrected chi connectivity index (χ3v) is 3.91. The minimum atomic E-state index is -0.0538. The van der Waals surface area contributed by atoms with Crippen molar-refractivity contribution in [1.29, 1.82) is 0 Å². The lowest BCUT2D eigenvalue weighted by Gasteiger charge is -2.17. The Kier molecular flexibility index (Phi) is 4.09. The number of carbonyl (C=O) groups excluding carboxylic acids is 1. The van der Waals surface area contributed by atoms with E-state index in [4.69, 9.17) is 0 Å². The van der Waals surface area contributed by atoms with Crippen molar-refractivity contribution < 1.29 is 4.79 Å². The molecular formula is C16H21N5O. The molecule has 116 valence electrons. The molecule has 3 rings (SSSR count). The van der Waals surface area contributed by atoms with E-state index in [0.29, 0.717) is 6.54 Å². The highest BCUT2D eigenvalue weighted by Gasteiger charge is 2.17. The fourth-order valence-electron chi connectivity index (χ4n) is 2.86. The van der Waals surface area contributed by atoms with Gasteiger partial charge in [-0.05, 0) is 37.8 Å². The van der Waals surface area contributed by atoms with Gasteiger partial charge in [0, 0.05) is 26.0 Å². The van der Waals surface area contributed by atoms with E-state index < -0.39 is 0 Å². The second-order valence-electron chi connectivity index (χ2n) is 5.79. The van der Waals surface area contributed by atoms with Crippen LogP contribution in [0.25, 0.3) is 0 Å². The molecule has 0 saturated carbocycles. The van der Waals surface area contributed by atoms with Gasteiger partial charge in [0.15, 0.2) is 5.82 Å². The van der Waals surface area contributed by atoms with Crippen LogP contribution in [-0.4, -0.2) is 34.5 Å². The molecule has 6 heteroatoms. The molecule has 0 aliphatic heterocycles. The molecule has 22 heavy (non-hydrogen) atoms. The van der Waals surface area contributed by atoms with Crippen LogP contribution in [0.5, 0.6) is 0 Å². The van der Waals surface area contributed by atoms with Crippen molar-refractivity contribution in [2.45, 2.75) is 32.2 Å². The van der Waals surface area contributed by atoms with Gasteiger partial charge < -0.3 is 14.8 Å². The standard InChI is InChI=1S/C16H21N5O/c1-20(2)16-13(7-5-9-17-16)19-15(22)10-21-11-18-12-6-3-4-8-14(12)21/h5,7,9,11H,3-4,6,8,10H2,1-2H3,(H,19,22). The lowest BCUT2D eigenvalue weighted by atomic mass is 10.0. The first kappa shape index (κ1) is 14.6. The van der Waals surface area contributed by atoms with Gasteiger partial charge >= 0.3 is 0 Å². The maximum atomic E-state index is 12.3. The molecule has 1 aliphatic carbocycles. The number of hydrogen-bond acceptors (Lipinski definition) is 4. The summed E-state index contributed by atoms with van der Waals surface area (Å²) in [7, 11) is 3.81. The highest BCUT2D eigenvalue weighted by molar-refractivity contribution is 5.93. The molecule has 2 aromatic heterocycles. The number of rotatable bonds is 4. The second kappa shape index (κ2) is 6.17. The Morgan fingerprint density at radius 1 is 1.32 bits per heavy atom. The zero-order valence-electron chi connectivity index (χ0n) is 13.0. The highest BCUT2D eigenvalue weighted by Crippen LogP contribution is 2.22. The summed E-state index contributed by atoms with van der Waals surface area (Å²) < 4.78 is 1.97. The molecule has 0 unspecified atom stereocenters. The van der Waals surface area contributed by atoms with E-state index in [1.54, 1.807) is 12.5 Å². The van der Waals surface area contributed by atoms with Crippen molar-refractivity contribution in [2.75, 3.05) is 24.3 Å². The fourth-order valence-corrected chi connectivity index (χ4v) is 2.86. The number of hydrogen-bond donors (Lipinski definition) is 1. The molecule has 1 amide bonds. The predicted octanol–water partition coefficient (Wildman–Crippen LogP) is 1.86. The van der Waals surface area contributed by atoms with E-state index >= 15 is 0 Å². The number of imidazole rings is 1. The lowest BCUT2D eigenvalue weighted by Crippen LogP contribution is -2.22. The minimum Gasteiger partial charge on any atom is -0.361 e. The molecule has 2 heterocycles. The van der Waals surface area contributed by atoms with Crippen molar-refractivity contribution in [3.63, 3.8) is 0 Å². The minimum absolute atomic E-state index is 0.0538. The average molecular weight is 299 g/mol. The van der Waals surface area contributed by atoms with Crippen LogP contribution in [-0.2, 0) is 24.2 Å². The molecule has 0 bridgehead atoms. The van der Waals surface area contributed by atoms with Crippen molar-refractivity contribution in [3.8, 4) is 0 Å². The lowest BCUT2D eigenvalue weighted by molar-refractivity contribution is -0.116. The number of amides is 1. The highest BCUT2D eigenvalue weighted by atomic mass is 16.2. The molecule has 0 saturated heterocycles. The van der Waals surface area contributed by atoms with Gasteiger partial charge in [-0.1, -0.05) is 0 Å². The van der Waals surface area contributed by atoms with E-state index in [0.717, 1.165) is 30.0 Å². The van der Waals surface area contributed by atoms with Gasteiger partial charge in [-0.25, -0.2) is 9.97 Å². The molecule has 0 fully saturated rings. The van der Waals surface area contributed by atoms with Crippen molar-refractivity contribution in [2.24, 2.45) is 0 Å². The topological polar surface area (TPSA) is 63.1 Å². The third-order valence-electron chi connectivity index (χ3n) is 3.91. The van der Waals surface area contributed by atoms with Crippen molar-refractivity contribution >= 4 is 17.4 Å². The zero-order valence-corrected chi connectivity index (χ0v) is 13.0. The number of nitrogens with zero attached hydrogens (tertiary/aromatic N) is 4. The normalized spacial score (nSPS) is 13.5. The van der Waals surface area contributed by atoms with Gasteiger partial charge in [-0.3, -0.25) is 4.79 Å². The maximum Gasteiger partial charge on any atom is 0.244 e. The number of pyridine rings is 1. The number of aryl methyl sites for hydroxylation is 1. The predicted molar refractivity (Wildman–Crippen MR) is 86.1 cm³/mol. The number of anilines is 2. The Balaban J connectivity index is 1.72. The van der Waals surface area contributed by atoms with E-state index in [-0.39, 0.29) is 5.91 Å². The molecule has 0 radical (unpaired) electrons. The van der Waals surface area contributed by atoms with Crippen LogP contribution in [0.3, 0.4) is 0 Å². The van der Waals surface area contributed by atoms with Crippen LogP contribution < -0.4 is 10.2 Å². The average Bonchev–Trinajstić information content (AvgIpc) is 2.91. The second-order valence-corrected chi connectivity index (χ2v) is 5.79. The summed E-state index contributed by atoms with van der Waals surface area (Å²) in [5.74, 6) is 0.699. The first-order chi connectivity index (χ1) is 10.6. The van der Waals surface area contributed by atoms with E-state index in [1.165, 1.54) is 18.5 Å². The number of aromatic nitrogens is 3. The number of nitrogens with one attached hydrogen (secondary N) is 1. The summed E-state index contributed by atoms with van der Waals surface area (Å²) in [5.41, 5.74) is 3.08. The molecule has 1 N–H and O–H groups in total. The van der Waals surface area contributed by atoms with Gasteiger partial charge in [0.2, 0.25) is 5.91 Å². The quantitative estimate of drug-likeness (QED) is 0.936. The molecule has 0 atom stereocenters. The van der Waals surface area contributed by atoms with Gasteiger partial charge in [-0.15, -0.1) is 0 Å². The van der Waals surface area contributed by atoms with Crippen LogP contribution in [0.1, 0.15) is 24.2 Å². The van der Waals surface area contributed by atoms with E-state index in [1.807, 2.05) is 35.7 Å². The summed E-state index contributed by atoms with van der Waals surface area (Å²) in [6.07, 6.45) is 7.91. The van der Waals surface area contributed by atoms with Gasteiger partial charge in [0.25, 0.3) is 0 Å². The van der Waals surface area contributed by atoms with Crippen LogP contribution in [0, 0.1) is 0 Å². The maximum absolute atomic E-state index is 12.3. The SMILES string of the molecule is CN(C)c1ncccc1NC(=O)Cn1cnc2c1CCCC2. The Morgan fingerprint density at radius 3 is 2.95 bits per heavy atom. The summed E-state index contributed by atoms with van der Waals surface area (Å²) in [5, 5.41) is 2.95. The number of carbonyl (C=O) groups is 1. The zero-order chi connectivity index (χ0) is 15.5. The van der Waals surface area contributed by atoms with Gasteiger partial charge in [0.1, 0.15) is 6.54 Å². The largest absolute Gasteiger partial charge is 0.361 e. The molecular weight excluding hydrogens is 278 g/mol. The summed E-state index contributed by atoms with van der Waals surface area (Å²) in [6, 6.07) is 3.69. The molecule has 2 aromatic rings. The Hall–Kier alpha value is -2.37. The third kappa shape index (κ3) is 2.95. The van der Waals surface area contributed by atoms with Crippen LogP contribution in [0.4, 0.5) is 11.5 Å². The first-order valence-corrected chi connectivity index (χ1v) is 7.60. The van der Waals surface area contributed by atoms with E-state index in [2.05, 4.69) is 15.3 Å². The van der Waals surface area contributed by atoms with E-state index in [9.17, 15) is 4.79 Å². The Morgan fingerprint density at radius 2 is 2.14 bits per heavy atom. The Bertz CT molecular complexity index is 677.